The Morgan fingerprint density at radius 2 is 1.61 bits per heavy atom. The van der Waals surface area contributed by atoms with Gasteiger partial charge in [-0.05, 0) is 132 Å². The second-order valence-corrected chi connectivity index (χ2v) is 12.0. The third-order valence-corrected chi connectivity index (χ3v) is 9.81. The maximum absolute atomic E-state index is 3.56. The lowest BCUT2D eigenvalue weighted by molar-refractivity contribution is -0.399. The maximum Gasteiger partial charge on any atom is 0.115 e. The fraction of sp³-hybridized carbons (Fsp3) is 0.472. The molecule has 0 bridgehead atoms. The van der Waals surface area contributed by atoms with Crippen LogP contribution in [0.2, 0.25) is 0 Å². The van der Waals surface area contributed by atoms with Gasteiger partial charge >= 0.3 is 0 Å². The van der Waals surface area contributed by atoms with E-state index in [0.29, 0.717) is 12.0 Å². The molecule has 0 fully saturated rings. The Hall–Kier alpha value is -2.87. The highest BCUT2D eigenvalue weighted by atomic mass is 15.1. The minimum Gasteiger partial charge on any atom is -0.373 e. The van der Waals surface area contributed by atoms with Gasteiger partial charge in [-0.3, -0.25) is 0 Å². The number of hydrogen-bond donors (Lipinski definition) is 0. The summed E-state index contributed by atoms with van der Waals surface area (Å²) in [4.78, 5) is 2.42. The molecule has 0 aliphatic heterocycles. The first kappa shape index (κ1) is 28.1. The molecule has 0 amide bonds. The Morgan fingerprint density at radius 3 is 2.34 bits per heavy atom. The molecule has 2 unspecified atom stereocenters. The van der Waals surface area contributed by atoms with Crippen molar-refractivity contribution in [1.29, 1.82) is 0 Å². The molecule has 202 valence electrons. The molecule has 3 aliphatic carbocycles. The van der Waals surface area contributed by atoms with E-state index in [2.05, 4.69) is 122 Å². The van der Waals surface area contributed by atoms with Gasteiger partial charge in [0.05, 0.1) is 6.04 Å². The van der Waals surface area contributed by atoms with Crippen LogP contribution in [0.5, 0.6) is 0 Å². The van der Waals surface area contributed by atoms with Gasteiger partial charge in [0.2, 0.25) is 0 Å². The van der Waals surface area contributed by atoms with Gasteiger partial charge in [0.1, 0.15) is 18.9 Å². The molecule has 2 nitrogen and oxygen atoms in total. The van der Waals surface area contributed by atoms with E-state index >= 15 is 0 Å². The minimum atomic E-state index is 0.461. The van der Waals surface area contributed by atoms with E-state index in [1.54, 1.807) is 0 Å². The molecule has 0 saturated heterocycles. The number of allylic oxidation sites excluding steroid dienone is 9. The second kappa shape index (κ2) is 11.5. The summed E-state index contributed by atoms with van der Waals surface area (Å²) in [5.41, 5.74) is 17.0. The van der Waals surface area contributed by atoms with Crippen LogP contribution in [0.1, 0.15) is 82.1 Å². The van der Waals surface area contributed by atoms with E-state index in [4.69, 9.17) is 0 Å². The molecule has 2 atom stereocenters. The standard InChI is InChI=1S/C36H48N2/c1-23-19-35(29(7)27(5)25(23)3)37(9)17-15-31-11-13-33-14-12-32(22-34(33)21-31)16-18-38(10)36-20-24(2)26(4)28(6)30(36)8/h15-17,20-22,33,35H,11-14,19H2,1-10H3/b17-15?,32-16+. The Kier molecular flexibility index (Phi) is 8.50. The van der Waals surface area contributed by atoms with Crippen molar-refractivity contribution >= 4 is 11.9 Å². The summed E-state index contributed by atoms with van der Waals surface area (Å²) in [5, 5.41) is 0. The number of benzene rings is 1. The molecule has 0 saturated carbocycles. The summed E-state index contributed by atoms with van der Waals surface area (Å²) in [6.45, 7) is 18.0. The van der Waals surface area contributed by atoms with Crippen LogP contribution in [0, 0.1) is 33.6 Å². The number of aryl methyl sites for hydroxylation is 1. The number of nitrogens with zero attached hydrogens (tertiary/aromatic N) is 2. The molecular formula is C36H48N2. The van der Waals surface area contributed by atoms with Crippen molar-refractivity contribution < 1.29 is 4.58 Å². The molecule has 0 radical (unpaired) electrons. The lowest BCUT2D eigenvalue weighted by atomic mass is 9.77. The molecule has 2 heteroatoms. The van der Waals surface area contributed by atoms with Crippen molar-refractivity contribution in [2.45, 2.75) is 93.5 Å². The highest BCUT2D eigenvalue weighted by molar-refractivity contribution is 5.71. The average molecular weight is 509 g/mol. The van der Waals surface area contributed by atoms with Crippen LogP contribution in [-0.4, -0.2) is 35.8 Å². The first-order valence-corrected chi connectivity index (χ1v) is 14.4. The van der Waals surface area contributed by atoms with Crippen molar-refractivity contribution in [3.63, 3.8) is 0 Å². The maximum atomic E-state index is 3.56. The van der Waals surface area contributed by atoms with E-state index in [1.165, 1.54) is 86.2 Å². The largest absolute Gasteiger partial charge is 0.373 e. The van der Waals surface area contributed by atoms with Gasteiger partial charge in [0, 0.05) is 7.05 Å². The highest BCUT2D eigenvalue weighted by Crippen LogP contribution is 2.38. The Labute approximate surface area is 232 Å². The van der Waals surface area contributed by atoms with E-state index < -0.39 is 0 Å². The predicted octanol–water partition coefficient (Wildman–Crippen LogP) is 9.02. The molecule has 1 aromatic rings. The van der Waals surface area contributed by atoms with Crippen molar-refractivity contribution in [1.82, 2.24) is 4.90 Å². The highest BCUT2D eigenvalue weighted by Gasteiger charge is 2.24. The molecule has 3 aliphatic rings. The summed E-state index contributed by atoms with van der Waals surface area (Å²) in [5.74, 6) is 0.700. The van der Waals surface area contributed by atoms with Crippen LogP contribution in [0.4, 0.5) is 5.69 Å². The van der Waals surface area contributed by atoms with Crippen molar-refractivity contribution in [2.75, 3.05) is 14.1 Å². The molecule has 38 heavy (non-hydrogen) atoms. The van der Waals surface area contributed by atoms with Crippen molar-refractivity contribution in [3.05, 3.63) is 97.8 Å². The van der Waals surface area contributed by atoms with Crippen LogP contribution >= 0.6 is 0 Å². The SMILES string of the molecule is CC1=C(C)C(C)=C(C)C(N(C)C=CC2=CC3=C/C(=C/[C-]=[N+](C)c4cc(C)c(C)c(C)c4C)CCC3CC2)C1. The van der Waals surface area contributed by atoms with Crippen molar-refractivity contribution in [3.8, 4) is 0 Å². The zero-order valence-electron chi connectivity index (χ0n) is 25.5. The lowest BCUT2D eigenvalue weighted by Crippen LogP contribution is -2.31. The van der Waals surface area contributed by atoms with Gasteiger partial charge in [-0.1, -0.05) is 41.2 Å². The topological polar surface area (TPSA) is 6.25 Å². The van der Waals surface area contributed by atoms with E-state index in [0.717, 1.165) is 12.8 Å². The van der Waals surface area contributed by atoms with E-state index in [9.17, 15) is 0 Å². The monoisotopic (exact) mass is 508 g/mol. The molecule has 0 heterocycles. The lowest BCUT2D eigenvalue weighted by Gasteiger charge is -2.34. The molecular weight excluding hydrogens is 460 g/mol. The molecule has 0 aromatic heterocycles. The van der Waals surface area contributed by atoms with Gasteiger partial charge in [0.25, 0.3) is 0 Å². The third kappa shape index (κ3) is 5.75. The number of likely N-dealkylation sites (N-methyl/N-ethyl adjacent to an activating group) is 1. The zero-order valence-corrected chi connectivity index (χ0v) is 25.5. The van der Waals surface area contributed by atoms with Gasteiger partial charge < -0.3 is 9.48 Å². The number of hydrogen-bond acceptors (Lipinski definition) is 1. The Morgan fingerprint density at radius 1 is 0.895 bits per heavy atom. The first-order valence-electron chi connectivity index (χ1n) is 14.4. The first-order chi connectivity index (χ1) is 18.0. The van der Waals surface area contributed by atoms with Gasteiger partial charge in [-0.25, -0.2) is 0 Å². The predicted molar refractivity (Wildman–Crippen MR) is 165 cm³/mol. The minimum absolute atomic E-state index is 0.461. The molecule has 1 aromatic carbocycles. The fourth-order valence-corrected chi connectivity index (χ4v) is 6.27. The second-order valence-electron chi connectivity index (χ2n) is 12.0. The summed E-state index contributed by atoms with van der Waals surface area (Å²) in [6, 6.07) is 2.76. The Bertz CT molecular complexity index is 1340. The smallest absolute Gasteiger partial charge is 0.115 e. The number of rotatable bonds is 5. The summed E-state index contributed by atoms with van der Waals surface area (Å²) < 4.78 is 2.16. The third-order valence-electron chi connectivity index (χ3n) is 9.81. The summed E-state index contributed by atoms with van der Waals surface area (Å²) in [6.07, 6.45) is 21.3. The van der Waals surface area contributed by atoms with E-state index in [-0.39, 0.29) is 0 Å². The zero-order chi connectivity index (χ0) is 27.7. The van der Waals surface area contributed by atoms with Gasteiger partial charge in [0.15, 0.2) is 0 Å². The molecule has 4 rings (SSSR count). The van der Waals surface area contributed by atoms with Crippen LogP contribution in [0.15, 0.2) is 75.6 Å². The Balaban J connectivity index is 1.51. The summed E-state index contributed by atoms with van der Waals surface area (Å²) >= 11 is 0. The van der Waals surface area contributed by atoms with Crippen molar-refractivity contribution in [2.24, 2.45) is 5.92 Å². The van der Waals surface area contributed by atoms with Crippen LogP contribution in [0.3, 0.4) is 0 Å². The van der Waals surface area contributed by atoms with Crippen LogP contribution in [0.25, 0.3) is 0 Å². The number of fused-ring (bicyclic) bond motifs is 1. The fourth-order valence-electron chi connectivity index (χ4n) is 6.27. The normalized spacial score (nSPS) is 23.7. The molecule has 0 N–H and O–H groups in total. The van der Waals surface area contributed by atoms with Gasteiger partial charge in [-0.2, -0.15) is 0 Å². The average Bonchev–Trinajstić information content (AvgIpc) is 2.91. The van der Waals surface area contributed by atoms with Crippen LogP contribution < -0.4 is 0 Å². The van der Waals surface area contributed by atoms with Crippen LogP contribution in [-0.2, 0) is 0 Å². The van der Waals surface area contributed by atoms with E-state index in [1.807, 2.05) is 0 Å². The summed E-state index contributed by atoms with van der Waals surface area (Å²) in [7, 11) is 4.36. The molecule has 0 spiro atoms. The quantitative estimate of drug-likeness (QED) is 0.218. The van der Waals surface area contributed by atoms with Gasteiger partial charge in [-0.15, -0.1) is 17.7 Å².